The third-order valence-corrected chi connectivity index (χ3v) is 6.18. The van der Waals surface area contributed by atoms with E-state index in [9.17, 15) is 0 Å². The number of nitrogens with zero attached hydrogens (tertiary/aromatic N) is 1. The van der Waals surface area contributed by atoms with Crippen molar-refractivity contribution in [3.05, 3.63) is 114 Å². The minimum Gasteiger partial charge on any atom is -0.309 e. The van der Waals surface area contributed by atoms with Gasteiger partial charge in [-0.05, 0) is 46.7 Å². The van der Waals surface area contributed by atoms with Crippen molar-refractivity contribution >= 4 is 44.2 Å². The summed E-state index contributed by atoms with van der Waals surface area (Å²) in [6, 6.07) is 38.3. The molecule has 0 saturated carbocycles. The van der Waals surface area contributed by atoms with Crippen LogP contribution in [0.3, 0.4) is 0 Å². The lowest BCUT2D eigenvalue weighted by Gasteiger charge is -2.14. The van der Waals surface area contributed by atoms with Gasteiger partial charge in [0.2, 0.25) is 0 Å². The highest BCUT2D eigenvalue weighted by molar-refractivity contribution is 6.33. The molecule has 6 rings (SSSR count). The molecule has 5 aromatic carbocycles. The summed E-state index contributed by atoms with van der Waals surface area (Å²) in [6.45, 7) is 0. The Labute approximate surface area is 179 Å². The maximum Gasteiger partial charge on any atom is 0.0541 e. The Morgan fingerprint density at radius 3 is 1.77 bits per heavy atom. The molecule has 0 saturated heterocycles. The second kappa shape index (κ2) is 6.76. The van der Waals surface area contributed by atoms with E-state index in [1.165, 1.54) is 32.6 Å². The van der Waals surface area contributed by atoms with E-state index < -0.39 is 0 Å². The molecule has 0 bridgehead atoms. The minimum atomic E-state index is 0.766. The minimum absolute atomic E-state index is 0.766. The summed E-state index contributed by atoms with van der Waals surface area (Å²) in [5.74, 6) is 0. The van der Waals surface area contributed by atoms with Gasteiger partial charge in [0, 0.05) is 27.0 Å². The molecule has 0 atom stereocenters. The zero-order chi connectivity index (χ0) is 20.1. The van der Waals surface area contributed by atoms with E-state index >= 15 is 0 Å². The summed E-state index contributed by atoms with van der Waals surface area (Å²) >= 11 is 6.62. The van der Waals surface area contributed by atoms with E-state index in [0.717, 1.165) is 21.8 Å². The van der Waals surface area contributed by atoms with Gasteiger partial charge in [0.05, 0.1) is 11.0 Å². The fraction of sp³-hybridized carbons (Fsp3) is 0. The van der Waals surface area contributed by atoms with Crippen molar-refractivity contribution in [3.63, 3.8) is 0 Å². The number of aromatic nitrogens is 1. The second-order valence-electron chi connectivity index (χ2n) is 7.56. The van der Waals surface area contributed by atoms with E-state index in [4.69, 9.17) is 11.6 Å². The van der Waals surface area contributed by atoms with Crippen molar-refractivity contribution in [3.8, 4) is 16.8 Å². The molecule has 1 heterocycles. The summed E-state index contributed by atoms with van der Waals surface area (Å²) in [5, 5.41) is 5.70. The lowest BCUT2D eigenvalue weighted by Crippen LogP contribution is -1.95. The molecule has 6 aromatic rings. The van der Waals surface area contributed by atoms with E-state index in [1.54, 1.807) is 0 Å². The Hall–Kier alpha value is -3.55. The van der Waals surface area contributed by atoms with Gasteiger partial charge in [-0.25, -0.2) is 0 Å². The monoisotopic (exact) mass is 403 g/mol. The molecule has 30 heavy (non-hydrogen) atoms. The molecule has 0 radical (unpaired) electrons. The fourth-order valence-electron chi connectivity index (χ4n) is 4.53. The van der Waals surface area contributed by atoms with E-state index in [0.29, 0.717) is 0 Å². The van der Waals surface area contributed by atoms with Crippen molar-refractivity contribution < 1.29 is 0 Å². The first kappa shape index (κ1) is 17.3. The fourth-order valence-corrected chi connectivity index (χ4v) is 4.76. The quantitative estimate of drug-likeness (QED) is 0.274. The molecule has 0 fully saturated rings. The smallest absolute Gasteiger partial charge is 0.0541 e. The highest BCUT2D eigenvalue weighted by Crippen LogP contribution is 2.38. The van der Waals surface area contributed by atoms with Crippen LogP contribution >= 0.6 is 11.6 Å². The zero-order valence-corrected chi connectivity index (χ0v) is 17.0. The van der Waals surface area contributed by atoms with Crippen LogP contribution in [0, 0.1) is 0 Å². The van der Waals surface area contributed by atoms with Crippen molar-refractivity contribution in [2.75, 3.05) is 0 Å². The first-order valence-electron chi connectivity index (χ1n) is 10.1. The predicted molar refractivity (Wildman–Crippen MR) is 129 cm³/mol. The highest BCUT2D eigenvalue weighted by Gasteiger charge is 2.15. The van der Waals surface area contributed by atoms with Crippen LogP contribution in [0.15, 0.2) is 109 Å². The average Bonchev–Trinajstić information content (AvgIpc) is 3.13. The maximum absolute atomic E-state index is 6.62. The molecule has 0 N–H and O–H groups in total. The van der Waals surface area contributed by atoms with Crippen molar-refractivity contribution in [1.29, 1.82) is 0 Å². The molecular weight excluding hydrogens is 386 g/mol. The first-order valence-corrected chi connectivity index (χ1v) is 10.5. The number of halogens is 1. The van der Waals surface area contributed by atoms with Crippen molar-refractivity contribution in [2.45, 2.75) is 0 Å². The van der Waals surface area contributed by atoms with Crippen LogP contribution in [0.5, 0.6) is 0 Å². The molecule has 0 aliphatic heterocycles. The molecule has 142 valence electrons. The Morgan fingerprint density at radius 1 is 0.500 bits per heavy atom. The van der Waals surface area contributed by atoms with Crippen LogP contribution in [0.25, 0.3) is 49.4 Å². The Kier molecular flexibility index (Phi) is 3.90. The number of hydrogen-bond acceptors (Lipinski definition) is 0. The molecule has 1 aromatic heterocycles. The normalized spacial score (nSPS) is 11.5. The summed E-state index contributed by atoms with van der Waals surface area (Å²) < 4.78 is 2.36. The van der Waals surface area contributed by atoms with Gasteiger partial charge in [0.15, 0.2) is 0 Å². The first-order chi connectivity index (χ1) is 14.8. The van der Waals surface area contributed by atoms with Crippen LogP contribution < -0.4 is 0 Å². The van der Waals surface area contributed by atoms with E-state index in [1.807, 2.05) is 18.2 Å². The van der Waals surface area contributed by atoms with Gasteiger partial charge in [-0.15, -0.1) is 0 Å². The largest absolute Gasteiger partial charge is 0.309 e. The molecule has 0 aliphatic rings. The molecule has 0 aliphatic carbocycles. The van der Waals surface area contributed by atoms with E-state index in [-0.39, 0.29) is 0 Å². The van der Waals surface area contributed by atoms with Crippen LogP contribution in [0.4, 0.5) is 0 Å². The van der Waals surface area contributed by atoms with Gasteiger partial charge in [-0.3, -0.25) is 0 Å². The van der Waals surface area contributed by atoms with Crippen molar-refractivity contribution in [1.82, 2.24) is 4.57 Å². The van der Waals surface area contributed by atoms with Gasteiger partial charge < -0.3 is 4.57 Å². The zero-order valence-electron chi connectivity index (χ0n) is 16.2. The summed E-state index contributed by atoms with van der Waals surface area (Å²) in [4.78, 5) is 0. The summed E-state index contributed by atoms with van der Waals surface area (Å²) in [6.07, 6.45) is 0. The Bertz CT molecular complexity index is 1500. The topological polar surface area (TPSA) is 4.93 Å². The molecule has 1 nitrogen and oxygen atoms in total. The summed E-state index contributed by atoms with van der Waals surface area (Å²) in [5.41, 5.74) is 5.76. The molecule has 2 heteroatoms. The van der Waals surface area contributed by atoms with Gasteiger partial charge >= 0.3 is 0 Å². The average molecular weight is 404 g/mol. The van der Waals surface area contributed by atoms with Crippen molar-refractivity contribution in [2.24, 2.45) is 0 Å². The number of rotatable bonds is 2. The van der Waals surface area contributed by atoms with E-state index in [2.05, 4.69) is 95.6 Å². The van der Waals surface area contributed by atoms with Crippen LogP contribution in [-0.4, -0.2) is 4.57 Å². The molecule has 0 amide bonds. The predicted octanol–water partition coefficient (Wildman–Crippen LogP) is 8.26. The van der Waals surface area contributed by atoms with Gasteiger partial charge in [0.1, 0.15) is 0 Å². The molecule has 0 unspecified atom stereocenters. The standard InChI is InChI=1S/C28H18ClN/c29-26-14-6-3-11-22(26)25-18-20(17-19-9-1-2-10-21(19)25)30-27-15-7-4-12-23(27)24-13-5-8-16-28(24)30/h1-18H. The summed E-state index contributed by atoms with van der Waals surface area (Å²) in [7, 11) is 0. The Morgan fingerprint density at radius 2 is 1.07 bits per heavy atom. The third kappa shape index (κ3) is 2.56. The van der Waals surface area contributed by atoms with Crippen LogP contribution in [0.1, 0.15) is 0 Å². The molecular formula is C28H18ClN. The van der Waals surface area contributed by atoms with Crippen LogP contribution in [0.2, 0.25) is 5.02 Å². The Balaban J connectivity index is 1.76. The maximum atomic E-state index is 6.62. The third-order valence-electron chi connectivity index (χ3n) is 5.85. The molecule has 0 spiro atoms. The second-order valence-corrected chi connectivity index (χ2v) is 7.97. The van der Waals surface area contributed by atoms with Gasteiger partial charge in [-0.1, -0.05) is 90.5 Å². The lowest BCUT2D eigenvalue weighted by molar-refractivity contribution is 1.19. The van der Waals surface area contributed by atoms with Gasteiger partial charge in [0.25, 0.3) is 0 Å². The highest BCUT2D eigenvalue weighted by atomic mass is 35.5. The number of hydrogen-bond donors (Lipinski definition) is 0. The van der Waals surface area contributed by atoms with Gasteiger partial charge in [-0.2, -0.15) is 0 Å². The SMILES string of the molecule is Clc1ccccc1-c1cc(-n2c3ccccc3c3ccccc32)cc2ccccc12. The number of para-hydroxylation sites is 2. The number of benzene rings is 5. The number of fused-ring (bicyclic) bond motifs is 4. The van der Waals surface area contributed by atoms with Crippen LogP contribution in [-0.2, 0) is 0 Å². The lowest BCUT2D eigenvalue weighted by atomic mass is 9.97.